The Balaban J connectivity index is 1.42. The molecule has 2 N–H and O–H groups in total. The third-order valence-corrected chi connectivity index (χ3v) is 6.52. The van der Waals surface area contributed by atoms with Crippen LogP contribution in [-0.4, -0.2) is 43.1 Å². The van der Waals surface area contributed by atoms with Crippen LogP contribution >= 0.6 is 23.2 Å². The van der Waals surface area contributed by atoms with E-state index in [1.54, 1.807) is 48.5 Å². The predicted molar refractivity (Wildman–Crippen MR) is 141 cm³/mol. The highest BCUT2D eigenvalue weighted by Gasteiger charge is 2.29. The molecule has 2 unspecified atom stereocenters. The van der Waals surface area contributed by atoms with Gasteiger partial charge in [-0.2, -0.15) is 0 Å². The molecule has 0 aliphatic carbocycles. The smallest absolute Gasteiger partial charge is 0.311 e. The molecule has 0 fully saturated rings. The molecule has 0 bridgehead atoms. The summed E-state index contributed by atoms with van der Waals surface area (Å²) in [5.74, 6) is -0.845. The van der Waals surface area contributed by atoms with E-state index in [0.29, 0.717) is 46.2 Å². The Hall–Kier alpha value is -3.33. The third-order valence-electron chi connectivity index (χ3n) is 5.97. The van der Waals surface area contributed by atoms with Gasteiger partial charge in [0.1, 0.15) is 23.5 Å². The Labute approximate surface area is 229 Å². The topological polar surface area (TPSA) is 94.1 Å². The number of aliphatic carboxylic acids is 1. The maximum absolute atomic E-state index is 12.9. The van der Waals surface area contributed by atoms with Gasteiger partial charge < -0.3 is 24.6 Å². The van der Waals surface area contributed by atoms with Crippen molar-refractivity contribution in [2.45, 2.75) is 31.4 Å². The highest BCUT2D eigenvalue weighted by Crippen LogP contribution is 2.41. The molecule has 0 saturated heterocycles. The maximum atomic E-state index is 12.9. The maximum Gasteiger partial charge on any atom is 0.311 e. The number of hydrogen-bond acceptors (Lipinski definition) is 5. The second-order valence-electron chi connectivity index (χ2n) is 8.68. The summed E-state index contributed by atoms with van der Waals surface area (Å²) in [6, 6.07) is 16.7. The number of rotatable bonds is 11. The van der Waals surface area contributed by atoms with Gasteiger partial charge in [-0.15, -0.1) is 0 Å². The minimum Gasteiger partial charge on any atom is -0.493 e. The van der Waals surface area contributed by atoms with Gasteiger partial charge in [-0.1, -0.05) is 35.3 Å². The van der Waals surface area contributed by atoms with E-state index in [1.807, 2.05) is 12.1 Å². The molecule has 1 aliphatic rings. The Morgan fingerprint density at radius 3 is 2.53 bits per heavy atom. The zero-order chi connectivity index (χ0) is 27.1. The minimum atomic E-state index is -0.934. The molecule has 1 heterocycles. The molecule has 3 aromatic carbocycles. The summed E-state index contributed by atoms with van der Waals surface area (Å²) >= 11 is 12.3. The summed E-state index contributed by atoms with van der Waals surface area (Å²) < 4.78 is 29.8. The van der Waals surface area contributed by atoms with Gasteiger partial charge in [-0.05, 0) is 60.9 Å². The first kappa shape index (κ1) is 27.7. The summed E-state index contributed by atoms with van der Waals surface area (Å²) in [4.78, 5) is 24.4. The highest BCUT2D eigenvalue weighted by atomic mass is 35.5. The van der Waals surface area contributed by atoms with E-state index >= 15 is 0 Å². The molecule has 3 aromatic rings. The van der Waals surface area contributed by atoms with Crippen molar-refractivity contribution < 1.29 is 33.3 Å². The highest BCUT2D eigenvalue weighted by molar-refractivity contribution is 6.32. The predicted octanol–water partition coefficient (Wildman–Crippen LogP) is 6.41. The van der Waals surface area contributed by atoms with E-state index in [-0.39, 0.29) is 30.6 Å². The first-order chi connectivity index (χ1) is 18.3. The number of carbonyl (C=O) groups is 2. The number of amides is 1. The van der Waals surface area contributed by atoms with Crippen molar-refractivity contribution in [3.63, 3.8) is 0 Å². The molecule has 10 heteroatoms. The van der Waals surface area contributed by atoms with Crippen molar-refractivity contribution >= 4 is 35.1 Å². The van der Waals surface area contributed by atoms with Crippen LogP contribution in [0.25, 0.3) is 0 Å². The van der Waals surface area contributed by atoms with E-state index in [2.05, 4.69) is 5.32 Å². The molecule has 1 aliphatic heterocycles. The molecule has 200 valence electrons. The average Bonchev–Trinajstić information content (AvgIpc) is 2.90. The van der Waals surface area contributed by atoms with E-state index in [9.17, 15) is 19.1 Å². The normalized spacial score (nSPS) is 15.2. The molecule has 1 amide bonds. The lowest BCUT2D eigenvalue weighted by Crippen LogP contribution is -2.38. The Morgan fingerprint density at radius 2 is 1.84 bits per heavy atom. The average molecular weight is 562 g/mol. The van der Waals surface area contributed by atoms with Crippen LogP contribution in [0.2, 0.25) is 10.0 Å². The zero-order valence-electron chi connectivity index (χ0n) is 20.3. The van der Waals surface area contributed by atoms with Gasteiger partial charge in [0, 0.05) is 28.6 Å². The molecular formula is C28H26Cl2FNO6. The van der Waals surface area contributed by atoms with Crippen molar-refractivity contribution in [1.82, 2.24) is 5.32 Å². The van der Waals surface area contributed by atoms with Crippen molar-refractivity contribution in [3.05, 3.63) is 87.4 Å². The van der Waals surface area contributed by atoms with Crippen LogP contribution in [0.4, 0.5) is 4.39 Å². The summed E-state index contributed by atoms with van der Waals surface area (Å²) in [5, 5.41) is 13.1. The molecule has 7 nitrogen and oxygen atoms in total. The van der Waals surface area contributed by atoms with E-state index in [4.69, 9.17) is 37.4 Å². The number of alkyl halides is 1. The largest absolute Gasteiger partial charge is 0.493 e. The lowest BCUT2D eigenvalue weighted by atomic mass is 9.93. The molecule has 4 rings (SSSR count). The first-order valence-corrected chi connectivity index (χ1v) is 12.8. The van der Waals surface area contributed by atoms with Gasteiger partial charge in [-0.25, -0.2) is 0 Å². The summed E-state index contributed by atoms with van der Waals surface area (Å²) in [7, 11) is 0. The molecule has 0 spiro atoms. The van der Waals surface area contributed by atoms with Crippen molar-refractivity contribution in [2.24, 2.45) is 0 Å². The van der Waals surface area contributed by atoms with Crippen molar-refractivity contribution in [3.8, 4) is 17.2 Å². The summed E-state index contributed by atoms with van der Waals surface area (Å²) in [6.07, 6.45) is 0.323. The van der Waals surface area contributed by atoms with Crippen molar-refractivity contribution in [2.75, 3.05) is 19.9 Å². The summed E-state index contributed by atoms with van der Waals surface area (Å²) in [5.41, 5.74) is 1.79. The molecule has 38 heavy (non-hydrogen) atoms. The Kier molecular flexibility index (Phi) is 9.44. The van der Waals surface area contributed by atoms with Crippen LogP contribution in [0, 0.1) is 0 Å². The number of halogens is 3. The number of carbonyl (C=O) groups excluding carboxylic acids is 1. The van der Waals surface area contributed by atoms with Crippen LogP contribution < -0.4 is 14.8 Å². The van der Waals surface area contributed by atoms with Gasteiger partial charge in [0.05, 0.1) is 30.8 Å². The standard InChI is InChI=1S/C28H26Cl2FNO6/c29-19-6-2-17(3-7-19)14-26(37-12-1-11-31)32-27(33)18-4-8-20(9-5-18)38-25-16-24-22(15-23(25)30)21(28(34)35)10-13-36-24/h2-9,15-16,21,26H,1,10-14H2,(H,32,33)(H,34,35). The minimum absolute atomic E-state index is 0.167. The monoisotopic (exact) mass is 561 g/mol. The zero-order valence-corrected chi connectivity index (χ0v) is 21.8. The first-order valence-electron chi connectivity index (χ1n) is 12.0. The van der Waals surface area contributed by atoms with E-state index < -0.39 is 24.8 Å². The SMILES string of the molecule is O=C(NC(Cc1ccc(Cl)cc1)OCCCF)c1ccc(Oc2cc3c(cc2Cl)C(C(=O)O)CCO3)cc1. The number of benzene rings is 3. The van der Waals surface area contributed by atoms with Gasteiger partial charge in [0.25, 0.3) is 5.91 Å². The Bertz CT molecular complexity index is 1270. The summed E-state index contributed by atoms with van der Waals surface area (Å²) in [6.45, 7) is -0.0603. The van der Waals surface area contributed by atoms with Gasteiger partial charge in [0.15, 0.2) is 0 Å². The second-order valence-corrected chi connectivity index (χ2v) is 9.52. The fraction of sp³-hybridized carbons (Fsp3) is 0.286. The van der Waals surface area contributed by atoms with Gasteiger partial charge in [0.2, 0.25) is 0 Å². The van der Waals surface area contributed by atoms with Gasteiger partial charge in [-0.3, -0.25) is 14.0 Å². The quantitative estimate of drug-likeness (QED) is 0.207. The van der Waals surface area contributed by atoms with E-state index in [1.165, 1.54) is 0 Å². The lowest BCUT2D eigenvalue weighted by Gasteiger charge is -2.24. The number of nitrogens with one attached hydrogen (secondary N) is 1. The van der Waals surface area contributed by atoms with E-state index in [0.717, 1.165) is 5.56 Å². The van der Waals surface area contributed by atoms with Crippen LogP contribution in [-0.2, 0) is 16.0 Å². The molecule has 2 atom stereocenters. The molecule has 0 radical (unpaired) electrons. The lowest BCUT2D eigenvalue weighted by molar-refractivity contribution is -0.139. The van der Waals surface area contributed by atoms with Gasteiger partial charge >= 0.3 is 5.97 Å². The second kappa shape index (κ2) is 13.0. The molecule has 0 saturated carbocycles. The third kappa shape index (κ3) is 7.16. The fourth-order valence-electron chi connectivity index (χ4n) is 4.02. The van der Waals surface area contributed by atoms with Crippen LogP contribution in [0.3, 0.4) is 0 Å². The number of fused-ring (bicyclic) bond motifs is 1. The number of ether oxygens (including phenoxy) is 3. The van der Waals surface area contributed by atoms with Crippen LogP contribution in [0.15, 0.2) is 60.7 Å². The fourth-order valence-corrected chi connectivity index (χ4v) is 4.36. The molecular weight excluding hydrogens is 536 g/mol. The number of carboxylic acids is 1. The molecule has 0 aromatic heterocycles. The van der Waals surface area contributed by atoms with Crippen molar-refractivity contribution in [1.29, 1.82) is 0 Å². The number of carboxylic acid groups (broad SMARTS) is 1. The Morgan fingerprint density at radius 1 is 1.11 bits per heavy atom. The number of hydrogen-bond donors (Lipinski definition) is 2. The van der Waals surface area contributed by atoms with Crippen LogP contribution in [0.5, 0.6) is 17.2 Å². The van der Waals surface area contributed by atoms with Crippen LogP contribution in [0.1, 0.15) is 40.2 Å².